The molecule has 3 N–H and O–H groups in total. The minimum atomic E-state index is -3.75. The summed E-state index contributed by atoms with van der Waals surface area (Å²) < 4.78 is 24.4. The first kappa shape index (κ1) is 20.1. The van der Waals surface area contributed by atoms with Gasteiger partial charge in [0.15, 0.2) is 0 Å². The fourth-order valence-corrected chi connectivity index (χ4v) is 3.92. The highest BCUT2D eigenvalue weighted by Gasteiger charge is 2.44. The zero-order chi connectivity index (χ0) is 19.2. The van der Waals surface area contributed by atoms with Gasteiger partial charge in [0, 0.05) is 19.6 Å². The van der Waals surface area contributed by atoms with Crippen LogP contribution in [0, 0.1) is 0 Å². The van der Waals surface area contributed by atoms with Crippen LogP contribution in [0.5, 0.6) is 0 Å². The molecule has 0 aliphatic carbocycles. The Morgan fingerprint density at radius 2 is 1.85 bits per heavy atom. The first-order valence-corrected chi connectivity index (χ1v) is 9.89. The van der Waals surface area contributed by atoms with Crippen LogP contribution in [-0.4, -0.2) is 38.3 Å². The maximum Gasteiger partial charge on any atom is 0.276 e. The van der Waals surface area contributed by atoms with Crippen molar-refractivity contribution >= 4 is 16.1 Å². The van der Waals surface area contributed by atoms with Gasteiger partial charge >= 0.3 is 0 Å². The van der Waals surface area contributed by atoms with Crippen molar-refractivity contribution in [2.45, 2.75) is 18.3 Å². The van der Waals surface area contributed by atoms with E-state index in [1.807, 2.05) is 30.3 Å². The van der Waals surface area contributed by atoms with Gasteiger partial charge in [0.2, 0.25) is 5.91 Å². The van der Waals surface area contributed by atoms with Crippen molar-refractivity contribution in [2.24, 2.45) is 5.14 Å². The molecule has 0 unspecified atom stereocenters. The molecule has 1 saturated heterocycles. The number of carbonyl (C=O) groups is 1. The summed E-state index contributed by atoms with van der Waals surface area (Å²) in [5.74, 6) is -0.130. The Morgan fingerprint density at radius 3 is 2.35 bits per heavy atom. The van der Waals surface area contributed by atoms with E-state index in [4.69, 9.17) is 5.14 Å². The summed E-state index contributed by atoms with van der Waals surface area (Å²) in [6, 6.07) is 9.45. The van der Waals surface area contributed by atoms with Crippen molar-refractivity contribution in [1.29, 1.82) is 0 Å². The number of nitrogens with two attached hydrogens (primary N) is 1. The molecule has 0 saturated carbocycles. The Kier molecular flexibility index (Phi) is 6.52. The highest BCUT2D eigenvalue weighted by molar-refractivity contribution is 7.86. The Labute approximate surface area is 155 Å². The molecule has 0 atom stereocenters. The smallest absolute Gasteiger partial charge is 0.276 e. The quantitative estimate of drug-likeness (QED) is 0.710. The topological polar surface area (TPSA) is 92.5 Å². The largest absolute Gasteiger partial charge is 0.351 e. The van der Waals surface area contributed by atoms with Crippen LogP contribution in [0.1, 0.15) is 18.4 Å². The number of nitrogens with zero attached hydrogens (tertiary/aromatic N) is 1. The predicted molar refractivity (Wildman–Crippen MR) is 104 cm³/mol. The Morgan fingerprint density at radius 1 is 1.23 bits per heavy atom. The second-order valence-corrected chi connectivity index (χ2v) is 7.80. The average Bonchev–Trinajstić information content (AvgIpc) is 2.64. The molecule has 1 aliphatic heterocycles. The molecule has 0 radical (unpaired) electrons. The number of hydrogen-bond donors (Lipinski definition) is 2. The predicted octanol–water partition coefficient (Wildman–Crippen LogP) is 1.64. The fourth-order valence-electron chi connectivity index (χ4n) is 3.23. The van der Waals surface area contributed by atoms with Crippen molar-refractivity contribution < 1.29 is 13.2 Å². The van der Waals surface area contributed by atoms with Gasteiger partial charge in [-0.2, -0.15) is 12.7 Å². The molecule has 7 heteroatoms. The molecule has 1 aromatic carbocycles. The third-order valence-electron chi connectivity index (χ3n) is 4.74. The second-order valence-electron chi connectivity index (χ2n) is 6.26. The maximum absolute atomic E-state index is 13.1. The summed E-state index contributed by atoms with van der Waals surface area (Å²) in [6.45, 7) is 8.12. The van der Waals surface area contributed by atoms with E-state index in [0.717, 1.165) is 11.1 Å². The normalized spacial score (nSPS) is 18.1. The van der Waals surface area contributed by atoms with E-state index in [0.29, 0.717) is 19.4 Å². The first-order chi connectivity index (χ1) is 12.3. The molecule has 1 aromatic rings. The fraction of sp³-hybridized carbons (Fsp3) is 0.316. The number of nitrogens with one attached hydrogen (secondary N) is 1. The van der Waals surface area contributed by atoms with Crippen LogP contribution >= 0.6 is 0 Å². The van der Waals surface area contributed by atoms with E-state index in [1.165, 1.54) is 4.31 Å². The van der Waals surface area contributed by atoms with Crippen LogP contribution in [0.3, 0.4) is 0 Å². The molecule has 1 amide bonds. The SMILES string of the molecule is C=C/C=C(\C=C)CNC(=O)C1(c2ccccc2)CCN(S(N)(=O)=O)CC1. The van der Waals surface area contributed by atoms with Crippen LogP contribution in [0.2, 0.25) is 0 Å². The van der Waals surface area contributed by atoms with E-state index in [1.54, 1.807) is 18.2 Å². The zero-order valence-corrected chi connectivity index (χ0v) is 15.5. The lowest BCUT2D eigenvalue weighted by atomic mass is 9.72. The molecule has 6 nitrogen and oxygen atoms in total. The molecule has 0 aromatic heterocycles. The van der Waals surface area contributed by atoms with E-state index in [-0.39, 0.29) is 19.0 Å². The molecule has 1 heterocycles. The Bertz CT molecular complexity index is 793. The van der Waals surface area contributed by atoms with Gasteiger partial charge in [0.1, 0.15) is 0 Å². The monoisotopic (exact) mass is 375 g/mol. The van der Waals surface area contributed by atoms with Crippen molar-refractivity contribution in [3.63, 3.8) is 0 Å². The molecule has 0 spiro atoms. The molecular weight excluding hydrogens is 350 g/mol. The van der Waals surface area contributed by atoms with Crippen LogP contribution in [-0.2, 0) is 20.4 Å². The summed E-state index contributed by atoms with van der Waals surface area (Å²) in [6.07, 6.45) is 5.83. The lowest BCUT2D eigenvalue weighted by Crippen LogP contribution is -2.54. The van der Waals surface area contributed by atoms with Gasteiger partial charge in [-0.1, -0.05) is 61.7 Å². The summed E-state index contributed by atoms with van der Waals surface area (Å²) >= 11 is 0. The number of amides is 1. The van der Waals surface area contributed by atoms with Crippen molar-refractivity contribution in [1.82, 2.24) is 9.62 Å². The lowest BCUT2D eigenvalue weighted by Gasteiger charge is -2.40. The van der Waals surface area contributed by atoms with E-state index < -0.39 is 15.6 Å². The number of rotatable bonds is 7. The van der Waals surface area contributed by atoms with Crippen molar-refractivity contribution in [3.05, 3.63) is 72.9 Å². The van der Waals surface area contributed by atoms with E-state index in [9.17, 15) is 13.2 Å². The minimum Gasteiger partial charge on any atom is -0.351 e. The van der Waals surface area contributed by atoms with Gasteiger partial charge in [0.05, 0.1) is 5.41 Å². The summed E-state index contributed by atoms with van der Waals surface area (Å²) in [4.78, 5) is 13.1. The number of carbonyl (C=O) groups excluding carboxylic acids is 1. The van der Waals surface area contributed by atoms with Gasteiger partial charge in [-0.3, -0.25) is 4.79 Å². The average molecular weight is 375 g/mol. The second kappa shape index (κ2) is 8.44. The van der Waals surface area contributed by atoms with E-state index >= 15 is 0 Å². The highest BCUT2D eigenvalue weighted by Crippen LogP contribution is 2.36. The number of benzene rings is 1. The van der Waals surface area contributed by atoms with Gasteiger partial charge in [-0.15, -0.1) is 0 Å². The van der Waals surface area contributed by atoms with Crippen LogP contribution in [0.4, 0.5) is 0 Å². The summed E-state index contributed by atoms with van der Waals surface area (Å²) in [7, 11) is -3.75. The van der Waals surface area contributed by atoms with Crippen molar-refractivity contribution in [2.75, 3.05) is 19.6 Å². The van der Waals surface area contributed by atoms with Gasteiger partial charge < -0.3 is 5.32 Å². The highest BCUT2D eigenvalue weighted by atomic mass is 32.2. The van der Waals surface area contributed by atoms with Crippen LogP contribution < -0.4 is 10.5 Å². The number of piperidine rings is 1. The molecule has 140 valence electrons. The van der Waals surface area contributed by atoms with Gasteiger partial charge in [-0.25, -0.2) is 5.14 Å². The molecule has 2 rings (SSSR count). The minimum absolute atomic E-state index is 0.130. The third-order valence-corrected chi connectivity index (χ3v) is 5.83. The lowest BCUT2D eigenvalue weighted by molar-refractivity contribution is -0.128. The molecule has 26 heavy (non-hydrogen) atoms. The summed E-state index contributed by atoms with van der Waals surface area (Å²) in [5.41, 5.74) is 0.932. The molecule has 1 aliphatic rings. The molecular formula is C19H25N3O3S. The van der Waals surface area contributed by atoms with Crippen LogP contribution in [0.25, 0.3) is 0 Å². The van der Waals surface area contributed by atoms with Gasteiger partial charge in [-0.05, 0) is 24.0 Å². The van der Waals surface area contributed by atoms with Crippen molar-refractivity contribution in [3.8, 4) is 0 Å². The molecule has 0 bridgehead atoms. The van der Waals surface area contributed by atoms with Gasteiger partial charge in [0.25, 0.3) is 10.2 Å². The molecule has 1 fully saturated rings. The zero-order valence-electron chi connectivity index (χ0n) is 14.7. The number of hydrogen-bond acceptors (Lipinski definition) is 3. The van der Waals surface area contributed by atoms with E-state index in [2.05, 4.69) is 18.5 Å². The Hall–Kier alpha value is -2.22. The number of allylic oxidation sites excluding steroid dienone is 2. The maximum atomic E-state index is 13.1. The summed E-state index contributed by atoms with van der Waals surface area (Å²) in [5, 5.41) is 8.19. The third kappa shape index (κ3) is 4.49. The first-order valence-electron chi connectivity index (χ1n) is 8.39. The Balaban J connectivity index is 2.26. The van der Waals surface area contributed by atoms with Crippen LogP contribution in [0.15, 0.2) is 67.3 Å². The standard InChI is InChI=1S/C19H25N3O3S/c1-3-8-16(4-2)15-21-18(23)19(17-9-6-5-7-10-17)11-13-22(14-12-19)26(20,24)25/h3-10H,1-2,11-15H2,(H,21,23)(H2,20,24,25)/b16-8+.